The molecule has 0 bridgehead atoms. The van der Waals surface area contributed by atoms with Crippen LogP contribution >= 0.6 is 0 Å². The van der Waals surface area contributed by atoms with E-state index in [4.69, 9.17) is 4.74 Å². The Morgan fingerprint density at radius 1 is 0.875 bits per heavy atom. The van der Waals surface area contributed by atoms with Crippen LogP contribution in [0.3, 0.4) is 0 Å². The fourth-order valence-electron chi connectivity index (χ4n) is 2.41. The summed E-state index contributed by atoms with van der Waals surface area (Å²) in [6, 6.07) is 23.9. The standard InChI is InChI=1S/C20H17NO3/c22-19-13-17(24-14-15-7-3-1-4-8-15)11-12-18(19)20(21-23)16-9-5-2-6-10-16/h1-13,22-23H,14H2/b21-20+. The van der Waals surface area contributed by atoms with E-state index in [1.54, 1.807) is 12.1 Å². The predicted molar refractivity (Wildman–Crippen MR) is 92.7 cm³/mol. The summed E-state index contributed by atoms with van der Waals surface area (Å²) in [5.74, 6) is 0.544. The maximum absolute atomic E-state index is 10.3. The lowest BCUT2D eigenvalue weighted by atomic mass is 10.0. The highest BCUT2D eigenvalue weighted by atomic mass is 16.5. The maximum Gasteiger partial charge on any atom is 0.128 e. The largest absolute Gasteiger partial charge is 0.507 e. The number of phenols is 1. The average Bonchev–Trinajstić information content (AvgIpc) is 2.64. The summed E-state index contributed by atoms with van der Waals surface area (Å²) in [6.07, 6.45) is 0. The second kappa shape index (κ2) is 7.33. The smallest absolute Gasteiger partial charge is 0.128 e. The third-order valence-corrected chi connectivity index (χ3v) is 3.62. The van der Waals surface area contributed by atoms with Gasteiger partial charge in [0.25, 0.3) is 0 Å². The second-order valence-electron chi connectivity index (χ2n) is 5.27. The third kappa shape index (κ3) is 3.55. The van der Waals surface area contributed by atoms with Crippen LogP contribution in [0.1, 0.15) is 16.7 Å². The first-order valence-corrected chi connectivity index (χ1v) is 7.55. The van der Waals surface area contributed by atoms with E-state index in [0.717, 1.165) is 5.56 Å². The Kier molecular flexibility index (Phi) is 4.77. The molecule has 0 saturated heterocycles. The minimum atomic E-state index is -0.00258. The van der Waals surface area contributed by atoms with E-state index < -0.39 is 0 Å². The number of oxime groups is 1. The van der Waals surface area contributed by atoms with Gasteiger partial charge in [-0.1, -0.05) is 65.8 Å². The molecule has 0 fully saturated rings. The second-order valence-corrected chi connectivity index (χ2v) is 5.27. The molecule has 3 aromatic carbocycles. The van der Waals surface area contributed by atoms with E-state index in [0.29, 0.717) is 29.2 Å². The lowest BCUT2D eigenvalue weighted by Crippen LogP contribution is -2.04. The molecule has 0 aromatic heterocycles. The van der Waals surface area contributed by atoms with Crippen LogP contribution in [0.2, 0.25) is 0 Å². The number of nitrogens with zero attached hydrogens (tertiary/aromatic N) is 1. The van der Waals surface area contributed by atoms with Crippen LogP contribution in [0.15, 0.2) is 84.0 Å². The van der Waals surface area contributed by atoms with E-state index in [9.17, 15) is 10.3 Å². The minimum absolute atomic E-state index is 0.00258. The topological polar surface area (TPSA) is 62.1 Å². The van der Waals surface area contributed by atoms with Crippen LogP contribution in [0, 0.1) is 0 Å². The van der Waals surface area contributed by atoms with E-state index in [2.05, 4.69) is 5.16 Å². The van der Waals surface area contributed by atoms with Crippen molar-refractivity contribution in [1.29, 1.82) is 0 Å². The summed E-state index contributed by atoms with van der Waals surface area (Å²) in [5, 5.41) is 22.9. The van der Waals surface area contributed by atoms with Gasteiger partial charge in [-0.15, -0.1) is 0 Å². The third-order valence-electron chi connectivity index (χ3n) is 3.62. The SMILES string of the molecule is O/N=C(\c1ccccc1)c1ccc(OCc2ccccc2)cc1O. The number of aromatic hydroxyl groups is 1. The highest BCUT2D eigenvalue weighted by Gasteiger charge is 2.13. The normalized spacial score (nSPS) is 11.2. The lowest BCUT2D eigenvalue weighted by molar-refractivity contribution is 0.304. The van der Waals surface area contributed by atoms with E-state index in [-0.39, 0.29) is 5.75 Å². The fraction of sp³-hybridized carbons (Fsp3) is 0.0500. The lowest BCUT2D eigenvalue weighted by Gasteiger charge is -2.10. The van der Waals surface area contributed by atoms with Crippen molar-refractivity contribution in [2.45, 2.75) is 6.61 Å². The molecule has 3 rings (SSSR count). The molecule has 3 aromatic rings. The number of hydrogen-bond donors (Lipinski definition) is 2. The summed E-state index contributed by atoms with van der Waals surface area (Å²) in [5.41, 5.74) is 2.51. The maximum atomic E-state index is 10.3. The summed E-state index contributed by atoms with van der Waals surface area (Å²) in [6.45, 7) is 0.416. The van der Waals surface area contributed by atoms with Gasteiger partial charge in [0.1, 0.15) is 23.8 Å². The van der Waals surface area contributed by atoms with Crippen molar-refractivity contribution in [3.8, 4) is 11.5 Å². The number of benzene rings is 3. The number of phenolic OH excluding ortho intramolecular Hbond substituents is 1. The van der Waals surface area contributed by atoms with Crippen LogP contribution in [-0.2, 0) is 6.61 Å². The molecule has 0 atom stereocenters. The molecule has 0 spiro atoms. The molecule has 120 valence electrons. The minimum Gasteiger partial charge on any atom is -0.507 e. The fourth-order valence-corrected chi connectivity index (χ4v) is 2.41. The van der Waals surface area contributed by atoms with Gasteiger partial charge in [0, 0.05) is 17.2 Å². The molecule has 0 heterocycles. The quantitative estimate of drug-likeness (QED) is 0.421. The van der Waals surface area contributed by atoms with Crippen molar-refractivity contribution < 1.29 is 15.1 Å². The van der Waals surface area contributed by atoms with E-state index >= 15 is 0 Å². The number of ether oxygens (including phenoxy) is 1. The molecule has 24 heavy (non-hydrogen) atoms. The van der Waals surface area contributed by atoms with Gasteiger partial charge in [-0.2, -0.15) is 0 Å². The van der Waals surface area contributed by atoms with Crippen molar-refractivity contribution >= 4 is 5.71 Å². The molecule has 0 saturated carbocycles. The van der Waals surface area contributed by atoms with Crippen LogP contribution in [0.4, 0.5) is 0 Å². The summed E-state index contributed by atoms with van der Waals surface area (Å²) >= 11 is 0. The summed E-state index contributed by atoms with van der Waals surface area (Å²) in [4.78, 5) is 0. The van der Waals surface area contributed by atoms with Crippen molar-refractivity contribution in [2.24, 2.45) is 5.16 Å². The van der Waals surface area contributed by atoms with Gasteiger partial charge in [-0.25, -0.2) is 0 Å². The molecule has 0 aliphatic carbocycles. The van der Waals surface area contributed by atoms with Gasteiger partial charge < -0.3 is 15.1 Å². The monoisotopic (exact) mass is 319 g/mol. The van der Waals surface area contributed by atoms with Gasteiger partial charge in [0.05, 0.1) is 0 Å². The molecular weight excluding hydrogens is 302 g/mol. The number of hydrogen-bond acceptors (Lipinski definition) is 4. The highest BCUT2D eigenvalue weighted by molar-refractivity contribution is 6.14. The molecule has 0 aliphatic heterocycles. The molecule has 0 amide bonds. The predicted octanol–water partition coefficient (Wildman–Crippen LogP) is 4.20. The molecular formula is C20H17NO3. The zero-order valence-electron chi connectivity index (χ0n) is 13.0. The first kappa shape index (κ1) is 15.6. The molecule has 0 radical (unpaired) electrons. The van der Waals surface area contributed by atoms with Gasteiger partial charge >= 0.3 is 0 Å². The first-order valence-electron chi connectivity index (χ1n) is 7.55. The zero-order chi connectivity index (χ0) is 16.8. The van der Waals surface area contributed by atoms with Gasteiger partial charge in [-0.3, -0.25) is 0 Å². The molecule has 0 unspecified atom stereocenters. The Bertz CT molecular complexity index is 830. The van der Waals surface area contributed by atoms with Crippen LogP contribution in [0.5, 0.6) is 11.5 Å². The Balaban J connectivity index is 1.79. The van der Waals surface area contributed by atoms with Crippen molar-refractivity contribution in [1.82, 2.24) is 0 Å². The Hall–Kier alpha value is -3.27. The Morgan fingerprint density at radius 3 is 2.17 bits per heavy atom. The average molecular weight is 319 g/mol. The Morgan fingerprint density at radius 2 is 1.54 bits per heavy atom. The number of rotatable bonds is 5. The van der Waals surface area contributed by atoms with Gasteiger partial charge in [0.2, 0.25) is 0 Å². The van der Waals surface area contributed by atoms with Crippen molar-refractivity contribution in [3.63, 3.8) is 0 Å². The first-order chi connectivity index (χ1) is 11.8. The van der Waals surface area contributed by atoms with Crippen molar-refractivity contribution in [2.75, 3.05) is 0 Å². The van der Waals surface area contributed by atoms with Crippen LogP contribution in [0.25, 0.3) is 0 Å². The molecule has 2 N–H and O–H groups in total. The van der Waals surface area contributed by atoms with Crippen LogP contribution < -0.4 is 4.74 Å². The van der Waals surface area contributed by atoms with Crippen molar-refractivity contribution in [3.05, 3.63) is 95.6 Å². The van der Waals surface area contributed by atoms with E-state index in [1.807, 2.05) is 60.7 Å². The zero-order valence-corrected chi connectivity index (χ0v) is 13.0. The summed E-state index contributed by atoms with van der Waals surface area (Å²) < 4.78 is 5.68. The van der Waals surface area contributed by atoms with E-state index in [1.165, 1.54) is 6.07 Å². The molecule has 4 nitrogen and oxygen atoms in total. The van der Waals surface area contributed by atoms with Gasteiger partial charge in [-0.05, 0) is 17.7 Å². The van der Waals surface area contributed by atoms with Crippen LogP contribution in [-0.4, -0.2) is 16.0 Å². The van der Waals surface area contributed by atoms with Gasteiger partial charge in [0.15, 0.2) is 0 Å². The molecule has 4 heteroatoms. The summed E-state index contributed by atoms with van der Waals surface area (Å²) in [7, 11) is 0. The highest BCUT2D eigenvalue weighted by Crippen LogP contribution is 2.27. The Labute approximate surface area is 140 Å². The molecule has 0 aliphatic rings.